The first kappa shape index (κ1) is 28.8. The van der Waals surface area contributed by atoms with Gasteiger partial charge in [-0.25, -0.2) is 8.78 Å². The molecule has 0 unspecified atom stereocenters. The van der Waals surface area contributed by atoms with Crippen LogP contribution in [0, 0.1) is 11.6 Å². The molecule has 6 rings (SSSR count). The SMILES string of the molecule is CC(C)N1CCC(c2cc3nccc(Cc4ccc(NC(=O)c5ccnn(-c6ccc(F)cc6)c5=O)cc4F)c3s2)CC1. The molecule has 0 bridgehead atoms. The number of nitrogens with zero attached hydrogens (tertiary/aromatic N) is 4. The van der Waals surface area contributed by atoms with Crippen LogP contribution < -0.4 is 10.9 Å². The van der Waals surface area contributed by atoms with Gasteiger partial charge in [0.05, 0.1) is 15.9 Å². The van der Waals surface area contributed by atoms with Gasteiger partial charge in [0.1, 0.15) is 17.2 Å². The lowest BCUT2D eigenvalue weighted by molar-refractivity contribution is 0.102. The molecule has 1 saturated heterocycles. The number of carbonyl (C=O) groups excluding carboxylic acids is 1. The van der Waals surface area contributed by atoms with E-state index < -0.39 is 23.1 Å². The van der Waals surface area contributed by atoms with E-state index in [0.717, 1.165) is 46.4 Å². The van der Waals surface area contributed by atoms with E-state index in [1.807, 2.05) is 6.07 Å². The van der Waals surface area contributed by atoms with Crippen LogP contribution in [-0.2, 0) is 6.42 Å². The number of aromatic nitrogens is 3. The van der Waals surface area contributed by atoms with Gasteiger partial charge in [-0.05, 0) is 111 Å². The van der Waals surface area contributed by atoms with Crippen molar-refractivity contribution in [3.05, 3.63) is 117 Å². The number of pyridine rings is 1. The minimum Gasteiger partial charge on any atom is -0.322 e. The Bertz CT molecular complexity index is 1840. The molecule has 1 aliphatic rings. The van der Waals surface area contributed by atoms with E-state index in [1.165, 1.54) is 47.5 Å². The number of likely N-dealkylation sites (tertiary alicyclic amines) is 1. The Morgan fingerprint density at radius 3 is 2.49 bits per heavy atom. The van der Waals surface area contributed by atoms with Gasteiger partial charge >= 0.3 is 0 Å². The van der Waals surface area contributed by atoms with E-state index in [0.29, 0.717) is 29.6 Å². The summed E-state index contributed by atoms with van der Waals surface area (Å²) in [7, 11) is 0. The summed E-state index contributed by atoms with van der Waals surface area (Å²) in [5, 5.41) is 6.60. The highest BCUT2D eigenvalue weighted by Gasteiger charge is 2.24. The molecule has 220 valence electrons. The lowest BCUT2D eigenvalue weighted by Crippen LogP contribution is -2.37. The Labute approximate surface area is 251 Å². The van der Waals surface area contributed by atoms with Gasteiger partial charge in [-0.2, -0.15) is 9.78 Å². The van der Waals surface area contributed by atoms with Crippen LogP contribution in [0.5, 0.6) is 0 Å². The molecule has 0 spiro atoms. The fraction of sp³-hybridized carbons (Fsp3) is 0.273. The van der Waals surface area contributed by atoms with E-state index >= 15 is 4.39 Å². The molecule has 1 amide bonds. The molecule has 43 heavy (non-hydrogen) atoms. The van der Waals surface area contributed by atoms with Crippen LogP contribution in [0.3, 0.4) is 0 Å². The molecule has 0 atom stereocenters. The largest absolute Gasteiger partial charge is 0.322 e. The van der Waals surface area contributed by atoms with Crippen molar-refractivity contribution in [2.24, 2.45) is 0 Å². The van der Waals surface area contributed by atoms with Crippen molar-refractivity contribution in [3.63, 3.8) is 0 Å². The summed E-state index contributed by atoms with van der Waals surface area (Å²) in [6, 6.07) is 15.7. The number of halogens is 2. The first-order valence-electron chi connectivity index (χ1n) is 14.3. The lowest BCUT2D eigenvalue weighted by atomic mass is 9.94. The number of amides is 1. The van der Waals surface area contributed by atoms with Crippen LogP contribution in [0.1, 0.15) is 59.0 Å². The summed E-state index contributed by atoms with van der Waals surface area (Å²) in [5.74, 6) is -1.10. The summed E-state index contributed by atoms with van der Waals surface area (Å²) < 4.78 is 30.7. The summed E-state index contributed by atoms with van der Waals surface area (Å²) in [6.07, 6.45) is 5.72. The second kappa shape index (κ2) is 12.1. The third-order valence-electron chi connectivity index (χ3n) is 8.03. The van der Waals surface area contributed by atoms with Gasteiger partial charge in [0.2, 0.25) is 0 Å². The zero-order valence-corrected chi connectivity index (χ0v) is 24.7. The quantitative estimate of drug-likeness (QED) is 0.230. The average molecular weight is 600 g/mol. The van der Waals surface area contributed by atoms with Crippen LogP contribution in [0.4, 0.5) is 14.5 Å². The monoisotopic (exact) mass is 599 g/mol. The van der Waals surface area contributed by atoms with Crippen molar-refractivity contribution in [2.75, 3.05) is 18.4 Å². The summed E-state index contributed by atoms with van der Waals surface area (Å²) in [6.45, 7) is 6.67. The molecule has 1 fully saturated rings. The summed E-state index contributed by atoms with van der Waals surface area (Å²) in [4.78, 5) is 34.3. The highest BCUT2D eigenvalue weighted by atomic mass is 32.1. The first-order valence-corrected chi connectivity index (χ1v) is 15.1. The molecule has 0 saturated carbocycles. The van der Waals surface area contributed by atoms with Crippen LogP contribution >= 0.6 is 11.3 Å². The number of anilines is 1. The van der Waals surface area contributed by atoms with Crippen molar-refractivity contribution in [1.82, 2.24) is 19.7 Å². The van der Waals surface area contributed by atoms with Crippen molar-refractivity contribution >= 4 is 33.1 Å². The molecule has 1 aliphatic heterocycles. The van der Waals surface area contributed by atoms with E-state index in [9.17, 15) is 14.0 Å². The van der Waals surface area contributed by atoms with E-state index in [1.54, 1.807) is 29.7 Å². The first-order chi connectivity index (χ1) is 20.8. The Balaban J connectivity index is 1.17. The molecule has 4 heterocycles. The number of piperidine rings is 1. The number of hydrogen-bond donors (Lipinski definition) is 1. The zero-order chi connectivity index (χ0) is 30.1. The van der Waals surface area contributed by atoms with Crippen LogP contribution in [0.25, 0.3) is 15.9 Å². The number of nitrogens with one attached hydrogen (secondary N) is 1. The highest BCUT2D eigenvalue weighted by molar-refractivity contribution is 7.19. The molecule has 2 aromatic carbocycles. The maximum atomic E-state index is 15.3. The Morgan fingerprint density at radius 1 is 1.00 bits per heavy atom. The van der Waals surface area contributed by atoms with Gasteiger partial charge in [0, 0.05) is 35.4 Å². The molecular weight excluding hydrogens is 568 g/mol. The molecule has 0 radical (unpaired) electrons. The van der Waals surface area contributed by atoms with Gasteiger partial charge in [-0.1, -0.05) is 6.07 Å². The number of hydrogen-bond acceptors (Lipinski definition) is 6. The van der Waals surface area contributed by atoms with Crippen LogP contribution in [-0.4, -0.2) is 44.7 Å². The average Bonchev–Trinajstić information content (AvgIpc) is 3.45. The summed E-state index contributed by atoms with van der Waals surface area (Å²) >= 11 is 1.76. The normalized spacial score (nSPS) is 14.4. The maximum absolute atomic E-state index is 15.3. The molecule has 10 heteroatoms. The number of carbonyl (C=O) groups is 1. The van der Waals surface area contributed by atoms with Crippen LogP contribution in [0.2, 0.25) is 0 Å². The molecule has 7 nitrogen and oxygen atoms in total. The third kappa shape index (κ3) is 6.11. The third-order valence-corrected chi connectivity index (χ3v) is 9.39. The highest BCUT2D eigenvalue weighted by Crippen LogP contribution is 2.38. The van der Waals surface area contributed by atoms with Gasteiger partial charge in [-0.3, -0.25) is 14.6 Å². The van der Waals surface area contributed by atoms with E-state index in [2.05, 4.69) is 40.2 Å². The minimum atomic E-state index is -0.698. The van der Waals surface area contributed by atoms with Gasteiger partial charge < -0.3 is 10.2 Å². The Kier molecular flexibility index (Phi) is 8.14. The van der Waals surface area contributed by atoms with Gasteiger partial charge in [0.15, 0.2) is 0 Å². The number of benzene rings is 2. The van der Waals surface area contributed by atoms with Crippen LogP contribution in [0.15, 0.2) is 77.9 Å². The van der Waals surface area contributed by atoms with Crippen molar-refractivity contribution in [1.29, 1.82) is 0 Å². The predicted octanol–water partition coefficient (Wildman–Crippen LogP) is 6.55. The lowest BCUT2D eigenvalue weighted by Gasteiger charge is -2.34. The Morgan fingerprint density at radius 2 is 1.77 bits per heavy atom. The van der Waals surface area contributed by atoms with Gasteiger partial charge in [-0.15, -0.1) is 11.3 Å². The number of fused-ring (bicyclic) bond motifs is 1. The fourth-order valence-corrected chi connectivity index (χ4v) is 6.87. The summed E-state index contributed by atoms with van der Waals surface area (Å²) in [5.41, 5.74) is 2.13. The maximum Gasteiger partial charge on any atom is 0.284 e. The predicted molar refractivity (Wildman–Crippen MR) is 165 cm³/mol. The van der Waals surface area contributed by atoms with E-state index in [4.69, 9.17) is 0 Å². The van der Waals surface area contributed by atoms with Crippen molar-refractivity contribution in [2.45, 2.75) is 45.1 Å². The number of rotatable bonds is 7. The molecule has 3 aromatic heterocycles. The minimum absolute atomic E-state index is 0.175. The second-order valence-corrected chi connectivity index (χ2v) is 12.2. The fourth-order valence-electron chi connectivity index (χ4n) is 5.57. The van der Waals surface area contributed by atoms with Crippen molar-refractivity contribution in [3.8, 4) is 5.69 Å². The standard InChI is InChI=1S/C33H31F2N5O2S/c1-20(2)39-15-11-21(12-16-39)30-19-29-31(43-30)23(9-13-36-29)17-22-3-6-25(18-28(22)35)38-32(41)27-10-14-37-40(33(27)42)26-7-4-24(34)5-8-26/h3-10,13-14,18-21H,11-12,15-17H2,1-2H3,(H,38,41). The molecule has 1 N–H and O–H groups in total. The van der Waals surface area contributed by atoms with Gasteiger partial charge in [0.25, 0.3) is 11.5 Å². The molecule has 0 aliphatic carbocycles. The Hall–Kier alpha value is -4.28. The van der Waals surface area contributed by atoms with E-state index in [-0.39, 0.29) is 11.3 Å². The number of thiophene rings is 1. The zero-order valence-electron chi connectivity index (χ0n) is 23.9. The van der Waals surface area contributed by atoms with Crippen molar-refractivity contribution < 1.29 is 13.6 Å². The molecular formula is C33H31F2N5O2S. The topological polar surface area (TPSA) is 80.1 Å². The second-order valence-electron chi connectivity index (χ2n) is 11.1. The molecule has 5 aromatic rings. The smallest absolute Gasteiger partial charge is 0.284 e.